The molecule has 0 aromatic carbocycles. The van der Waals surface area contributed by atoms with E-state index in [0.717, 1.165) is 18.8 Å². The average molecular weight is 160 g/mol. The number of hydrogen-bond acceptors (Lipinski definition) is 2. The van der Waals surface area contributed by atoms with Gasteiger partial charge in [-0.15, -0.1) is 0 Å². The van der Waals surface area contributed by atoms with Crippen molar-refractivity contribution in [2.75, 3.05) is 13.7 Å². The van der Waals surface area contributed by atoms with Crippen molar-refractivity contribution in [3.05, 3.63) is 0 Å². The molecular weight excluding hydrogens is 140 g/mol. The third kappa shape index (κ3) is 6.32. The predicted molar refractivity (Wildman–Crippen MR) is 46.6 cm³/mol. The highest BCUT2D eigenvalue weighted by molar-refractivity contribution is 4.58. The lowest BCUT2D eigenvalue weighted by Crippen LogP contribution is -2.13. The van der Waals surface area contributed by atoms with Gasteiger partial charge >= 0.3 is 0 Å². The summed E-state index contributed by atoms with van der Waals surface area (Å²) in [4.78, 5) is 0. The Hall–Kier alpha value is -0.0800. The second kappa shape index (κ2) is 6.62. The molecule has 1 N–H and O–H groups in total. The number of rotatable bonds is 6. The van der Waals surface area contributed by atoms with Gasteiger partial charge in [-0.05, 0) is 25.2 Å². The molecule has 11 heavy (non-hydrogen) atoms. The molecule has 2 heteroatoms. The number of ether oxygens (including phenoxy) is 1. The van der Waals surface area contributed by atoms with Crippen LogP contribution in [-0.2, 0) is 4.74 Å². The largest absolute Gasteiger partial charge is 0.396 e. The zero-order valence-corrected chi connectivity index (χ0v) is 7.84. The maximum Gasteiger partial charge on any atom is 0.0593 e. The van der Waals surface area contributed by atoms with Gasteiger partial charge in [-0.2, -0.15) is 0 Å². The lowest BCUT2D eigenvalue weighted by Gasteiger charge is -2.14. The predicted octanol–water partition coefficient (Wildman–Crippen LogP) is 1.82. The van der Waals surface area contributed by atoms with Gasteiger partial charge in [0.05, 0.1) is 6.10 Å². The van der Waals surface area contributed by atoms with E-state index in [9.17, 15) is 0 Å². The van der Waals surface area contributed by atoms with Crippen LogP contribution in [0.3, 0.4) is 0 Å². The van der Waals surface area contributed by atoms with Crippen LogP contribution >= 0.6 is 0 Å². The van der Waals surface area contributed by atoms with E-state index in [1.54, 1.807) is 7.11 Å². The van der Waals surface area contributed by atoms with Crippen LogP contribution < -0.4 is 0 Å². The van der Waals surface area contributed by atoms with Gasteiger partial charge in [-0.3, -0.25) is 0 Å². The zero-order chi connectivity index (χ0) is 8.69. The summed E-state index contributed by atoms with van der Waals surface area (Å²) in [5.41, 5.74) is 0. The summed E-state index contributed by atoms with van der Waals surface area (Å²) in [5.74, 6) is 0.728. The van der Waals surface area contributed by atoms with Crippen LogP contribution in [0, 0.1) is 5.92 Å². The Labute approximate surface area is 69.6 Å². The van der Waals surface area contributed by atoms with Crippen LogP contribution in [0.15, 0.2) is 0 Å². The molecule has 0 fully saturated rings. The van der Waals surface area contributed by atoms with E-state index < -0.39 is 0 Å². The van der Waals surface area contributed by atoms with E-state index >= 15 is 0 Å². The molecule has 1 unspecified atom stereocenters. The molecule has 2 nitrogen and oxygen atoms in total. The lowest BCUT2D eigenvalue weighted by molar-refractivity contribution is 0.0670. The van der Waals surface area contributed by atoms with E-state index in [0.29, 0.717) is 0 Å². The van der Waals surface area contributed by atoms with Crippen molar-refractivity contribution < 1.29 is 9.84 Å². The maximum atomic E-state index is 8.65. The number of aliphatic hydroxyl groups excluding tert-OH is 1. The molecule has 0 aliphatic heterocycles. The van der Waals surface area contributed by atoms with Crippen molar-refractivity contribution in [1.82, 2.24) is 0 Å². The van der Waals surface area contributed by atoms with Crippen molar-refractivity contribution in [2.45, 2.75) is 39.2 Å². The van der Waals surface area contributed by atoms with Gasteiger partial charge in [0.1, 0.15) is 0 Å². The third-order valence-electron chi connectivity index (χ3n) is 1.85. The minimum atomic E-state index is 0.233. The molecule has 0 heterocycles. The summed E-state index contributed by atoms with van der Waals surface area (Å²) in [6.07, 6.45) is 3.26. The molecule has 0 aliphatic carbocycles. The first-order chi connectivity index (χ1) is 5.20. The molecule has 0 saturated heterocycles. The molecule has 0 aromatic heterocycles. The molecule has 0 aromatic rings. The maximum absolute atomic E-state index is 8.65. The van der Waals surface area contributed by atoms with Gasteiger partial charge in [0.15, 0.2) is 0 Å². The SMILES string of the molecule is COC(CCO)CCC(C)C. The molecular formula is C9H20O2. The Morgan fingerprint density at radius 2 is 1.82 bits per heavy atom. The zero-order valence-electron chi connectivity index (χ0n) is 7.84. The molecule has 0 bridgehead atoms. The topological polar surface area (TPSA) is 29.5 Å². The third-order valence-corrected chi connectivity index (χ3v) is 1.85. The fourth-order valence-electron chi connectivity index (χ4n) is 1.04. The molecule has 0 spiro atoms. The minimum Gasteiger partial charge on any atom is -0.396 e. The molecule has 68 valence electrons. The summed E-state index contributed by atoms with van der Waals surface area (Å²) < 4.78 is 5.18. The van der Waals surface area contributed by atoms with E-state index in [2.05, 4.69) is 13.8 Å². The van der Waals surface area contributed by atoms with Crippen LogP contribution in [0.1, 0.15) is 33.1 Å². The standard InChI is InChI=1S/C9H20O2/c1-8(2)4-5-9(11-3)6-7-10/h8-10H,4-7H2,1-3H3. The highest BCUT2D eigenvalue weighted by Gasteiger charge is 2.06. The summed E-state index contributed by atoms with van der Waals surface area (Å²) in [7, 11) is 1.71. The fraction of sp³-hybridized carbons (Fsp3) is 1.00. The minimum absolute atomic E-state index is 0.233. The number of methoxy groups -OCH3 is 1. The van der Waals surface area contributed by atoms with Crippen LogP contribution in [0.5, 0.6) is 0 Å². The van der Waals surface area contributed by atoms with Crippen LogP contribution in [0.25, 0.3) is 0 Å². The van der Waals surface area contributed by atoms with Crippen LogP contribution in [0.4, 0.5) is 0 Å². The normalized spacial score (nSPS) is 13.9. The summed E-state index contributed by atoms with van der Waals surface area (Å²) in [6.45, 7) is 4.63. The molecule has 1 atom stereocenters. The van der Waals surface area contributed by atoms with E-state index in [1.807, 2.05) is 0 Å². The van der Waals surface area contributed by atoms with Crippen molar-refractivity contribution >= 4 is 0 Å². The Balaban J connectivity index is 3.35. The van der Waals surface area contributed by atoms with Gasteiger partial charge in [-0.25, -0.2) is 0 Å². The number of hydrogen-bond donors (Lipinski definition) is 1. The summed E-state index contributed by atoms with van der Waals surface area (Å²) >= 11 is 0. The fourth-order valence-corrected chi connectivity index (χ4v) is 1.04. The van der Waals surface area contributed by atoms with E-state index in [1.165, 1.54) is 6.42 Å². The Bertz CT molecular complexity index is 81.6. The smallest absolute Gasteiger partial charge is 0.0593 e. The van der Waals surface area contributed by atoms with Crippen molar-refractivity contribution in [3.63, 3.8) is 0 Å². The Morgan fingerprint density at radius 1 is 1.18 bits per heavy atom. The van der Waals surface area contributed by atoms with Gasteiger partial charge in [-0.1, -0.05) is 13.8 Å². The lowest BCUT2D eigenvalue weighted by atomic mass is 10.0. The van der Waals surface area contributed by atoms with Crippen LogP contribution in [0.2, 0.25) is 0 Å². The Kier molecular flexibility index (Phi) is 6.57. The van der Waals surface area contributed by atoms with Gasteiger partial charge in [0.25, 0.3) is 0 Å². The summed E-state index contributed by atoms with van der Waals surface area (Å²) in [5, 5.41) is 8.65. The highest BCUT2D eigenvalue weighted by Crippen LogP contribution is 2.10. The first kappa shape index (κ1) is 10.9. The van der Waals surface area contributed by atoms with Gasteiger partial charge < -0.3 is 9.84 Å². The second-order valence-corrected chi connectivity index (χ2v) is 3.34. The first-order valence-electron chi connectivity index (χ1n) is 4.34. The van der Waals surface area contributed by atoms with Gasteiger partial charge in [0.2, 0.25) is 0 Å². The Morgan fingerprint density at radius 3 is 2.18 bits per heavy atom. The molecule has 0 saturated carbocycles. The highest BCUT2D eigenvalue weighted by atomic mass is 16.5. The van der Waals surface area contributed by atoms with E-state index in [-0.39, 0.29) is 12.7 Å². The average Bonchev–Trinajstić information content (AvgIpc) is 1.97. The molecule has 0 aliphatic rings. The summed E-state index contributed by atoms with van der Waals surface area (Å²) in [6, 6.07) is 0. The van der Waals surface area contributed by atoms with Crippen molar-refractivity contribution in [2.24, 2.45) is 5.92 Å². The quantitative estimate of drug-likeness (QED) is 0.642. The molecule has 0 rings (SSSR count). The van der Waals surface area contributed by atoms with Gasteiger partial charge in [0, 0.05) is 13.7 Å². The molecule has 0 radical (unpaired) electrons. The monoisotopic (exact) mass is 160 g/mol. The first-order valence-corrected chi connectivity index (χ1v) is 4.34. The van der Waals surface area contributed by atoms with Crippen LogP contribution in [-0.4, -0.2) is 24.9 Å². The second-order valence-electron chi connectivity index (χ2n) is 3.34. The van der Waals surface area contributed by atoms with Crippen molar-refractivity contribution in [3.8, 4) is 0 Å². The van der Waals surface area contributed by atoms with Crippen molar-refractivity contribution in [1.29, 1.82) is 0 Å². The van der Waals surface area contributed by atoms with E-state index in [4.69, 9.17) is 9.84 Å². The molecule has 0 amide bonds. The number of aliphatic hydroxyl groups is 1.